The van der Waals surface area contributed by atoms with Gasteiger partial charge in [0.1, 0.15) is 18.1 Å². The molecule has 0 atom stereocenters. The molecular formula is C25H18F3NO4. The van der Waals surface area contributed by atoms with Crippen molar-refractivity contribution in [1.82, 2.24) is 5.32 Å². The average Bonchev–Trinajstić information content (AvgIpc) is 3.10. The van der Waals surface area contributed by atoms with Crippen LogP contribution in [0.25, 0.3) is 11.1 Å². The van der Waals surface area contributed by atoms with Gasteiger partial charge in [0.05, 0.1) is 12.1 Å². The molecule has 168 valence electrons. The molecule has 1 aliphatic carbocycles. The minimum atomic E-state index is -4.90. The van der Waals surface area contributed by atoms with E-state index in [1.807, 2.05) is 48.5 Å². The van der Waals surface area contributed by atoms with Crippen molar-refractivity contribution in [1.29, 1.82) is 0 Å². The highest BCUT2D eigenvalue weighted by atomic mass is 19.4. The van der Waals surface area contributed by atoms with Crippen LogP contribution in [0.4, 0.5) is 18.0 Å². The molecule has 8 heteroatoms. The molecule has 0 fully saturated rings. The first-order chi connectivity index (χ1) is 15.8. The van der Waals surface area contributed by atoms with E-state index < -0.39 is 18.2 Å². The minimum absolute atomic E-state index is 0.0939. The van der Waals surface area contributed by atoms with Crippen LogP contribution >= 0.6 is 0 Å². The Morgan fingerprint density at radius 3 is 2.27 bits per heavy atom. The van der Waals surface area contributed by atoms with Gasteiger partial charge in [-0.1, -0.05) is 60.4 Å². The highest BCUT2D eigenvalue weighted by Crippen LogP contribution is 2.44. The second-order valence-corrected chi connectivity index (χ2v) is 7.21. The largest absolute Gasteiger partial charge is 0.573 e. The molecule has 0 bridgehead atoms. The zero-order valence-electron chi connectivity index (χ0n) is 17.1. The summed E-state index contributed by atoms with van der Waals surface area (Å²) in [6.45, 7) is -0.0405. The van der Waals surface area contributed by atoms with Crippen molar-refractivity contribution in [2.24, 2.45) is 0 Å². The number of hydrogen-bond donors (Lipinski definition) is 2. The molecule has 1 aliphatic rings. The Bertz CT molecular complexity index is 1200. The van der Waals surface area contributed by atoms with Crippen LogP contribution < -0.4 is 10.1 Å². The summed E-state index contributed by atoms with van der Waals surface area (Å²) < 4.78 is 46.8. The summed E-state index contributed by atoms with van der Waals surface area (Å²) >= 11 is 0. The van der Waals surface area contributed by atoms with Crippen molar-refractivity contribution >= 4 is 6.09 Å². The van der Waals surface area contributed by atoms with Crippen LogP contribution in [0.2, 0.25) is 0 Å². The van der Waals surface area contributed by atoms with Crippen molar-refractivity contribution in [2.45, 2.75) is 12.3 Å². The van der Waals surface area contributed by atoms with Crippen molar-refractivity contribution in [2.75, 3.05) is 13.2 Å². The van der Waals surface area contributed by atoms with Crippen LogP contribution in [0.1, 0.15) is 22.6 Å². The Labute approximate surface area is 187 Å². The fourth-order valence-electron chi connectivity index (χ4n) is 3.73. The molecule has 0 heterocycles. The maximum atomic E-state index is 12.5. The van der Waals surface area contributed by atoms with Gasteiger partial charge in [-0.05, 0) is 40.5 Å². The molecule has 0 saturated carbocycles. The fourth-order valence-corrected chi connectivity index (χ4v) is 3.73. The number of phenolic OH excluding ortho intramolecular Hbond substituents is 1. The lowest BCUT2D eigenvalue weighted by molar-refractivity contribution is -0.274. The molecular weight excluding hydrogens is 435 g/mol. The highest BCUT2D eigenvalue weighted by Gasteiger charge is 2.32. The topological polar surface area (TPSA) is 67.8 Å². The molecule has 33 heavy (non-hydrogen) atoms. The number of benzene rings is 3. The number of fused-ring (bicyclic) bond motifs is 3. The Morgan fingerprint density at radius 1 is 1.00 bits per heavy atom. The lowest BCUT2D eigenvalue weighted by atomic mass is 9.98. The monoisotopic (exact) mass is 453 g/mol. The van der Waals surface area contributed by atoms with Gasteiger partial charge in [-0.2, -0.15) is 0 Å². The molecule has 0 aliphatic heterocycles. The van der Waals surface area contributed by atoms with Gasteiger partial charge in [0, 0.05) is 5.92 Å². The Kier molecular flexibility index (Phi) is 6.13. The van der Waals surface area contributed by atoms with E-state index in [9.17, 15) is 23.1 Å². The standard InChI is InChI=1S/C25H18F3NO4/c26-25(27,28)33-23-12-11-17(30)14-16(23)6-5-13-29-24(31)32-15-22-20-9-3-1-7-18(20)19-8-2-4-10-21(19)22/h1-4,7-12,14,22,30H,13,15H2,(H,29,31). The van der Waals surface area contributed by atoms with Gasteiger partial charge in [-0.25, -0.2) is 4.79 Å². The third-order valence-corrected chi connectivity index (χ3v) is 5.08. The van der Waals surface area contributed by atoms with Gasteiger partial charge in [-0.3, -0.25) is 0 Å². The molecule has 0 saturated heterocycles. The maximum absolute atomic E-state index is 12.5. The molecule has 3 aromatic rings. The number of amides is 1. The molecule has 0 aromatic heterocycles. The molecule has 2 N–H and O–H groups in total. The third kappa shape index (κ3) is 5.21. The predicted molar refractivity (Wildman–Crippen MR) is 115 cm³/mol. The molecule has 0 spiro atoms. The number of halogens is 3. The molecule has 4 rings (SSSR count). The first kappa shape index (κ1) is 22.1. The summed E-state index contributed by atoms with van der Waals surface area (Å²) in [6, 6.07) is 18.9. The highest BCUT2D eigenvalue weighted by molar-refractivity contribution is 5.79. The average molecular weight is 453 g/mol. The molecule has 5 nitrogen and oxygen atoms in total. The smallest absolute Gasteiger partial charge is 0.508 e. The van der Waals surface area contributed by atoms with E-state index in [0.717, 1.165) is 40.5 Å². The Hall–Kier alpha value is -4.12. The number of hydrogen-bond acceptors (Lipinski definition) is 4. The summed E-state index contributed by atoms with van der Waals surface area (Å²) in [5.74, 6) is 4.07. The lowest BCUT2D eigenvalue weighted by Crippen LogP contribution is -2.26. The maximum Gasteiger partial charge on any atom is 0.573 e. The van der Waals surface area contributed by atoms with Gasteiger partial charge in [0.25, 0.3) is 0 Å². The predicted octanol–water partition coefficient (Wildman–Crippen LogP) is 5.18. The van der Waals surface area contributed by atoms with Crippen molar-refractivity contribution in [3.05, 3.63) is 83.4 Å². The van der Waals surface area contributed by atoms with Crippen molar-refractivity contribution in [3.63, 3.8) is 0 Å². The van der Waals surface area contributed by atoms with Crippen LogP contribution in [0.3, 0.4) is 0 Å². The molecule has 3 aromatic carbocycles. The third-order valence-electron chi connectivity index (χ3n) is 5.08. The van der Waals surface area contributed by atoms with Crippen LogP contribution in [0.15, 0.2) is 66.7 Å². The van der Waals surface area contributed by atoms with Gasteiger partial charge < -0.3 is 19.9 Å². The van der Waals surface area contributed by atoms with Crippen LogP contribution in [0, 0.1) is 11.8 Å². The summed E-state index contributed by atoms with van der Waals surface area (Å²) in [4.78, 5) is 12.1. The quantitative estimate of drug-likeness (QED) is 0.534. The molecule has 0 unspecified atom stereocenters. The summed E-state index contributed by atoms with van der Waals surface area (Å²) in [6.07, 6.45) is -5.60. The first-order valence-electron chi connectivity index (χ1n) is 9.98. The van der Waals surface area contributed by atoms with E-state index in [1.165, 1.54) is 0 Å². The van der Waals surface area contributed by atoms with Gasteiger partial charge in [0.15, 0.2) is 0 Å². The van der Waals surface area contributed by atoms with Gasteiger partial charge in [-0.15, -0.1) is 13.2 Å². The zero-order chi connectivity index (χ0) is 23.4. The van der Waals surface area contributed by atoms with E-state index in [-0.39, 0.29) is 30.4 Å². The zero-order valence-corrected chi connectivity index (χ0v) is 17.1. The summed E-state index contributed by atoms with van der Waals surface area (Å²) in [7, 11) is 0. The van der Waals surface area contributed by atoms with Gasteiger partial charge in [0.2, 0.25) is 0 Å². The van der Waals surface area contributed by atoms with Crippen molar-refractivity contribution in [3.8, 4) is 34.5 Å². The second kappa shape index (κ2) is 9.17. The van der Waals surface area contributed by atoms with E-state index in [0.29, 0.717) is 0 Å². The van der Waals surface area contributed by atoms with Crippen LogP contribution in [-0.2, 0) is 4.74 Å². The SMILES string of the molecule is O=C(NCC#Cc1cc(O)ccc1OC(F)(F)F)OCC1c2ccccc2-c2ccccc21. The second-order valence-electron chi connectivity index (χ2n) is 7.21. The van der Waals surface area contributed by atoms with E-state index >= 15 is 0 Å². The Morgan fingerprint density at radius 2 is 1.64 bits per heavy atom. The lowest BCUT2D eigenvalue weighted by Gasteiger charge is -2.14. The number of alkyl carbamates (subject to hydrolysis) is 1. The summed E-state index contributed by atoms with van der Waals surface area (Å²) in [5, 5.41) is 11.9. The number of carbonyl (C=O) groups is 1. The first-order valence-corrected chi connectivity index (χ1v) is 9.98. The van der Waals surface area contributed by atoms with E-state index in [2.05, 4.69) is 21.9 Å². The number of nitrogens with one attached hydrogen (secondary N) is 1. The van der Waals surface area contributed by atoms with Crippen LogP contribution in [-0.4, -0.2) is 30.7 Å². The van der Waals surface area contributed by atoms with E-state index in [1.54, 1.807) is 0 Å². The summed E-state index contributed by atoms with van der Waals surface area (Å²) in [5.41, 5.74) is 4.20. The Balaban J connectivity index is 1.36. The molecule has 0 radical (unpaired) electrons. The number of alkyl halides is 3. The fraction of sp³-hybridized carbons (Fsp3) is 0.160. The minimum Gasteiger partial charge on any atom is -0.508 e. The van der Waals surface area contributed by atoms with E-state index in [4.69, 9.17) is 4.74 Å². The number of rotatable bonds is 4. The van der Waals surface area contributed by atoms with Gasteiger partial charge >= 0.3 is 12.5 Å². The number of ether oxygens (including phenoxy) is 2. The molecule has 1 amide bonds. The van der Waals surface area contributed by atoms with Crippen LogP contribution in [0.5, 0.6) is 11.5 Å². The number of phenols is 1. The normalized spacial score (nSPS) is 12.2. The number of carbonyl (C=O) groups excluding carboxylic acids is 1. The van der Waals surface area contributed by atoms with Crippen molar-refractivity contribution < 1.29 is 32.5 Å². The number of aromatic hydroxyl groups is 1.